The molecule has 0 aromatic heterocycles. The van der Waals surface area contributed by atoms with Crippen molar-refractivity contribution in [3.8, 4) is 0 Å². The summed E-state index contributed by atoms with van der Waals surface area (Å²) in [5.41, 5.74) is 0. The lowest BCUT2D eigenvalue weighted by atomic mass is 10.1. The van der Waals surface area contributed by atoms with Crippen LogP contribution in [-0.2, 0) is 18.6 Å². The van der Waals surface area contributed by atoms with Crippen LogP contribution >= 0.6 is 0 Å². The molecule has 0 N–H and O–H groups in total. The second-order valence-corrected chi connectivity index (χ2v) is 11.1. The molecule has 5 heteroatoms. The maximum absolute atomic E-state index is 6.02. The summed E-state index contributed by atoms with van der Waals surface area (Å²) in [5, 5.41) is 0. The molecule has 0 amide bonds. The molecule has 2 atom stereocenters. The Labute approximate surface area is 144 Å². The molecular formula is C18H36O4Si. The van der Waals surface area contributed by atoms with E-state index in [0.717, 1.165) is 25.7 Å². The van der Waals surface area contributed by atoms with Gasteiger partial charge in [-0.15, -0.1) is 6.58 Å². The van der Waals surface area contributed by atoms with Gasteiger partial charge < -0.3 is 18.6 Å². The van der Waals surface area contributed by atoms with Crippen molar-refractivity contribution in [2.75, 3.05) is 27.1 Å². The zero-order chi connectivity index (χ0) is 17.6. The normalized spacial score (nSPS) is 15.0. The van der Waals surface area contributed by atoms with E-state index in [4.69, 9.17) is 18.6 Å². The molecule has 0 aliphatic heterocycles. The fourth-order valence-corrected chi connectivity index (χ4v) is 3.41. The van der Waals surface area contributed by atoms with Gasteiger partial charge in [-0.3, -0.25) is 0 Å². The van der Waals surface area contributed by atoms with E-state index in [1.165, 1.54) is 0 Å². The molecule has 4 nitrogen and oxygen atoms in total. The Morgan fingerprint density at radius 1 is 1.09 bits per heavy atom. The molecule has 0 bridgehead atoms. The van der Waals surface area contributed by atoms with Crippen molar-refractivity contribution in [3.05, 3.63) is 24.8 Å². The van der Waals surface area contributed by atoms with Gasteiger partial charge in [-0.25, -0.2) is 0 Å². The van der Waals surface area contributed by atoms with Crippen molar-refractivity contribution in [2.24, 2.45) is 0 Å². The zero-order valence-corrected chi connectivity index (χ0v) is 16.7. The van der Waals surface area contributed by atoms with Gasteiger partial charge in [0.05, 0.1) is 19.3 Å². The predicted molar refractivity (Wildman–Crippen MR) is 99.3 cm³/mol. The lowest BCUT2D eigenvalue weighted by Crippen LogP contribution is -2.30. The topological polar surface area (TPSA) is 36.9 Å². The predicted octanol–water partition coefficient (Wildman–Crippen LogP) is 4.53. The highest BCUT2D eigenvalue weighted by Crippen LogP contribution is 2.12. The third kappa shape index (κ3) is 16.2. The molecule has 0 fully saturated rings. The Morgan fingerprint density at radius 2 is 1.78 bits per heavy atom. The fourth-order valence-electron chi connectivity index (χ4n) is 2.11. The molecule has 2 unspecified atom stereocenters. The van der Waals surface area contributed by atoms with Gasteiger partial charge in [-0.2, -0.15) is 0 Å². The number of allylic oxidation sites excluding steroid dienone is 1. The summed E-state index contributed by atoms with van der Waals surface area (Å²) in [5.74, 6) is 0. The van der Waals surface area contributed by atoms with E-state index < -0.39 is 8.32 Å². The molecule has 0 aromatic carbocycles. The van der Waals surface area contributed by atoms with Crippen LogP contribution in [0.3, 0.4) is 0 Å². The third-order valence-corrected chi connectivity index (χ3v) is 4.21. The van der Waals surface area contributed by atoms with E-state index >= 15 is 0 Å². The summed E-state index contributed by atoms with van der Waals surface area (Å²) >= 11 is 0. The Morgan fingerprint density at radius 3 is 2.39 bits per heavy atom. The van der Waals surface area contributed by atoms with Gasteiger partial charge in [0.15, 0.2) is 8.32 Å². The van der Waals surface area contributed by atoms with Crippen molar-refractivity contribution in [1.82, 2.24) is 0 Å². The average Bonchev–Trinajstić information content (AvgIpc) is 2.46. The van der Waals surface area contributed by atoms with Crippen molar-refractivity contribution >= 4 is 8.32 Å². The van der Waals surface area contributed by atoms with Crippen molar-refractivity contribution in [1.29, 1.82) is 0 Å². The zero-order valence-electron chi connectivity index (χ0n) is 15.7. The fraction of sp³-hybridized carbons (Fsp3) is 0.778. The van der Waals surface area contributed by atoms with Gasteiger partial charge in [0.1, 0.15) is 6.79 Å². The van der Waals surface area contributed by atoms with Crippen LogP contribution in [-0.4, -0.2) is 47.6 Å². The summed E-state index contributed by atoms with van der Waals surface area (Å²) in [6.45, 7) is 14.0. The molecule has 136 valence electrons. The molecule has 0 radical (unpaired) electrons. The van der Waals surface area contributed by atoms with E-state index in [0.29, 0.717) is 20.0 Å². The van der Waals surface area contributed by atoms with Crippen LogP contribution in [0.4, 0.5) is 0 Å². The third-order valence-electron chi connectivity index (χ3n) is 3.10. The second kappa shape index (κ2) is 13.9. The Hall–Kier alpha value is -0.463. The largest absolute Gasteiger partial charge is 0.415 e. The highest BCUT2D eigenvalue weighted by molar-refractivity contribution is 6.69. The smallest absolute Gasteiger partial charge is 0.184 e. The lowest BCUT2D eigenvalue weighted by molar-refractivity contribution is -0.0979. The van der Waals surface area contributed by atoms with Crippen molar-refractivity contribution in [3.63, 3.8) is 0 Å². The summed E-state index contributed by atoms with van der Waals surface area (Å²) in [6, 6.07) is 0. The number of methoxy groups -OCH3 is 1. The number of rotatable bonds is 15. The summed E-state index contributed by atoms with van der Waals surface area (Å²) < 4.78 is 22.1. The highest BCUT2D eigenvalue weighted by atomic mass is 28.4. The first kappa shape index (κ1) is 22.5. The summed E-state index contributed by atoms with van der Waals surface area (Å²) in [7, 11) is 0.216. The van der Waals surface area contributed by atoms with E-state index in [1.807, 2.05) is 6.08 Å². The maximum atomic E-state index is 6.02. The van der Waals surface area contributed by atoms with Crippen LogP contribution in [0.15, 0.2) is 24.8 Å². The molecular weight excluding hydrogens is 308 g/mol. The average molecular weight is 345 g/mol. The summed E-state index contributed by atoms with van der Waals surface area (Å²) in [6.07, 6.45) is 10.5. The van der Waals surface area contributed by atoms with E-state index in [-0.39, 0.29) is 12.2 Å². The summed E-state index contributed by atoms with van der Waals surface area (Å²) in [4.78, 5) is 0. The van der Waals surface area contributed by atoms with Gasteiger partial charge in [-0.05, 0) is 52.2 Å². The first-order valence-corrected chi connectivity index (χ1v) is 11.9. The van der Waals surface area contributed by atoms with Gasteiger partial charge in [0.25, 0.3) is 0 Å². The van der Waals surface area contributed by atoms with Crippen LogP contribution in [0, 0.1) is 0 Å². The Kier molecular flexibility index (Phi) is 13.6. The number of hydrogen-bond acceptors (Lipinski definition) is 4. The SMILES string of the molecule is C=CCCC(C/C=C\CC(C)O[Si](C)(C)C)OCOCCOC. The van der Waals surface area contributed by atoms with E-state index in [9.17, 15) is 0 Å². The molecule has 23 heavy (non-hydrogen) atoms. The van der Waals surface area contributed by atoms with Crippen LogP contribution in [0.2, 0.25) is 19.6 Å². The molecule has 0 heterocycles. The lowest BCUT2D eigenvalue weighted by Gasteiger charge is -2.22. The minimum absolute atomic E-state index is 0.167. The van der Waals surface area contributed by atoms with E-state index in [2.05, 4.69) is 45.3 Å². The molecule has 0 rings (SSSR count). The van der Waals surface area contributed by atoms with Crippen LogP contribution < -0.4 is 0 Å². The molecule has 0 spiro atoms. The second-order valence-electron chi connectivity index (χ2n) is 6.66. The molecule has 0 saturated carbocycles. The molecule has 0 aliphatic carbocycles. The first-order chi connectivity index (χ1) is 10.9. The standard InChI is InChI=1S/C18H36O4Si/c1-7-8-12-18(21-16-20-15-14-19-3)13-10-9-11-17(2)22-23(4,5)6/h7,9-10,17-18H,1,8,11-16H2,2-6H3/b10-9-. The highest BCUT2D eigenvalue weighted by Gasteiger charge is 2.17. The minimum atomic E-state index is -1.45. The van der Waals surface area contributed by atoms with Crippen molar-refractivity contribution < 1.29 is 18.6 Å². The molecule has 0 aliphatic rings. The minimum Gasteiger partial charge on any atom is -0.415 e. The van der Waals surface area contributed by atoms with Gasteiger partial charge in [0.2, 0.25) is 0 Å². The monoisotopic (exact) mass is 344 g/mol. The number of ether oxygens (including phenoxy) is 3. The molecule has 0 aromatic rings. The van der Waals surface area contributed by atoms with Gasteiger partial charge in [0, 0.05) is 13.2 Å². The van der Waals surface area contributed by atoms with Crippen molar-refractivity contribution in [2.45, 2.75) is 64.5 Å². The van der Waals surface area contributed by atoms with Gasteiger partial charge in [-0.1, -0.05) is 18.2 Å². The molecule has 0 saturated heterocycles. The van der Waals surface area contributed by atoms with Crippen LogP contribution in [0.5, 0.6) is 0 Å². The Bertz CT molecular complexity index is 313. The maximum Gasteiger partial charge on any atom is 0.184 e. The van der Waals surface area contributed by atoms with Crippen LogP contribution in [0.1, 0.15) is 32.6 Å². The van der Waals surface area contributed by atoms with E-state index in [1.54, 1.807) is 7.11 Å². The Balaban J connectivity index is 4.01. The van der Waals surface area contributed by atoms with Crippen LogP contribution in [0.25, 0.3) is 0 Å². The first-order valence-electron chi connectivity index (χ1n) is 8.51. The van der Waals surface area contributed by atoms with Gasteiger partial charge >= 0.3 is 0 Å². The number of hydrogen-bond donors (Lipinski definition) is 0. The quantitative estimate of drug-likeness (QED) is 0.189.